The second-order valence-electron chi connectivity index (χ2n) is 10.5. The van der Waals surface area contributed by atoms with Crippen LogP contribution in [0.5, 0.6) is 0 Å². The third-order valence-corrected chi connectivity index (χ3v) is 5.83. The van der Waals surface area contributed by atoms with Gasteiger partial charge < -0.3 is 15.0 Å². The Morgan fingerprint density at radius 1 is 0.906 bits per heavy atom. The van der Waals surface area contributed by atoms with Gasteiger partial charge in [0.15, 0.2) is 0 Å². The van der Waals surface area contributed by atoms with Crippen LogP contribution in [0.2, 0.25) is 0 Å². The van der Waals surface area contributed by atoms with Crippen molar-refractivity contribution < 1.29 is 14.3 Å². The van der Waals surface area contributed by atoms with Crippen LogP contribution in [0.4, 0.5) is 4.79 Å². The summed E-state index contributed by atoms with van der Waals surface area (Å²) >= 11 is 0. The summed E-state index contributed by atoms with van der Waals surface area (Å²) in [7, 11) is 0. The number of amides is 2. The largest absolute Gasteiger partial charge is 0.444 e. The van der Waals surface area contributed by atoms with Crippen LogP contribution in [0.3, 0.4) is 0 Å². The molecule has 1 saturated heterocycles. The molecular weight excluding hydrogens is 400 g/mol. The number of unbranched alkanes of at least 4 members (excludes halogenated alkanes) is 13. The predicted molar refractivity (Wildman–Crippen MR) is 136 cm³/mol. The average molecular weight is 455 g/mol. The van der Waals surface area contributed by atoms with E-state index in [4.69, 9.17) is 4.74 Å². The van der Waals surface area contributed by atoms with E-state index in [2.05, 4.69) is 19.2 Å². The number of carbonyl (C=O) groups is 2. The lowest BCUT2D eigenvalue weighted by Crippen LogP contribution is -2.35. The van der Waals surface area contributed by atoms with E-state index < -0.39 is 0 Å². The Kier molecular flexibility index (Phi) is 19.6. The zero-order chi connectivity index (χ0) is 24.1. The molecule has 2 amide bonds. The van der Waals surface area contributed by atoms with Crippen molar-refractivity contribution in [3.63, 3.8) is 0 Å². The highest BCUT2D eigenvalue weighted by atomic mass is 16.6. The molecule has 1 aliphatic rings. The number of nitrogens with zero attached hydrogens (tertiary/aromatic N) is 1. The average Bonchev–Trinajstić information content (AvgIpc) is 3.17. The van der Waals surface area contributed by atoms with E-state index in [1.807, 2.05) is 20.8 Å². The zero-order valence-corrected chi connectivity index (χ0v) is 22.1. The molecule has 1 aliphatic heterocycles. The van der Waals surface area contributed by atoms with Gasteiger partial charge >= 0.3 is 6.09 Å². The Hall–Kier alpha value is -1.26. The lowest BCUT2D eigenvalue weighted by atomic mass is 10.0. The van der Waals surface area contributed by atoms with Crippen LogP contribution < -0.4 is 5.32 Å². The van der Waals surface area contributed by atoms with Gasteiger partial charge in [-0.2, -0.15) is 0 Å². The quantitative estimate of drug-likeness (QED) is 0.194. The first-order valence-corrected chi connectivity index (χ1v) is 13.4. The molecule has 0 radical (unpaired) electrons. The van der Waals surface area contributed by atoms with Crippen LogP contribution in [-0.2, 0) is 9.53 Å². The summed E-state index contributed by atoms with van der Waals surface area (Å²) in [4.78, 5) is 23.3. The van der Waals surface area contributed by atoms with Crippen molar-refractivity contribution in [2.24, 2.45) is 5.92 Å². The van der Waals surface area contributed by atoms with Crippen LogP contribution in [0.25, 0.3) is 0 Å². The smallest absolute Gasteiger partial charge is 0.410 e. The van der Waals surface area contributed by atoms with Crippen LogP contribution in [0.15, 0.2) is 0 Å². The lowest BCUT2D eigenvalue weighted by molar-refractivity contribution is -0.109. The van der Waals surface area contributed by atoms with Crippen molar-refractivity contribution >= 4 is 12.5 Å². The van der Waals surface area contributed by atoms with Crippen molar-refractivity contribution in [1.82, 2.24) is 10.2 Å². The molecule has 0 aliphatic carbocycles. The van der Waals surface area contributed by atoms with Gasteiger partial charge in [-0.05, 0) is 39.5 Å². The molecule has 1 N–H and O–H groups in total. The molecule has 0 aromatic carbocycles. The Labute approximate surface area is 199 Å². The van der Waals surface area contributed by atoms with Crippen molar-refractivity contribution in [3.8, 4) is 0 Å². The van der Waals surface area contributed by atoms with Crippen molar-refractivity contribution in [2.45, 2.75) is 137 Å². The molecule has 0 saturated carbocycles. The first-order valence-electron chi connectivity index (χ1n) is 13.4. The zero-order valence-electron chi connectivity index (χ0n) is 22.1. The highest BCUT2D eigenvalue weighted by molar-refractivity contribution is 5.68. The van der Waals surface area contributed by atoms with Crippen molar-refractivity contribution in [2.75, 3.05) is 19.6 Å². The van der Waals surface area contributed by atoms with E-state index in [9.17, 15) is 9.59 Å². The summed E-state index contributed by atoms with van der Waals surface area (Å²) in [5, 5.41) is 2.71. The normalized spacial score (nSPS) is 15.8. The van der Waals surface area contributed by atoms with Crippen molar-refractivity contribution in [3.05, 3.63) is 0 Å². The molecule has 5 heteroatoms. The number of ether oxygens (including phenoxy) is 1. The fourth-order valence-electron chi connectivity index (χ4n) is 3.91. The molecule has 0 bridgehead atoms. The summed E-state index contributed by atoms with van der Waals surface area (Å²) in [6.07, 6.45) is 21.1. The van der Waals surface area contributed by atoms with E-state index in [1.54, 1.807) is 4.90 Å². The third-order valence-electron chi connectivity index (χ3n) is 5.83. The van der Waals surface area contributed by atoms with E-state index >= 15 is 0 Å². The minimum atomic E-state index is -0.372. The summed E-state index contributed by atoms with van der Waals surface area (Å²) in [5.74, 6) is 0.618. The number of likely N-dealkylation sites (tertiary alicyclic amines) is 1. The van der Waals surface area contributed by atoms with Gasteiger partial charge in [0.1, 0.15) is 5.60 Å². The minimum absolute atomic E-state index is 0.170. The first kappa shape index (κ1) is 30.7. The van der Waals surface area contributed by atoms with E-state index in [1.165, 1.54) is 83.5 Å². The number of rotatable bonds is 16. The molecule has 0 aromatic rings. The van der Waals surface area contributed by atoms with E-state index in [-0.39, 0.29) is 11.7 Å². The van der Waals surface area contributed by atoms with Gasteiger partial charge in [0.05, 0.1) is 0 Å². The van der Waals surface area contributed by atoms with Crippen LogP contribution >= 0.6 is 0 Å². The molecule has 0 spiro atoms. The maximum absolute atomic E-state index is 11.5. The molecule has 5 nitrogen and oxygen atoms in total. The van der Waals surface area contributed by atoms with Gasteiger partial charge in [0.25, 0.3) is 0 Å². The van der Waals surface area contributed by atoms with Gasteiger partial charge in [-0.3, -0.25) is 4.79 Å². The number of carbonyl (C=O) groups excluding carboxylic acids is 2. The topological polar surface area (TPSA) is 58.6 Å². The third kappa shape index (κ3) is 20.6. The predicted octanol–water partition coefficient (Wildman–Crippen LogP) is 7.48. The number of nitrogens with one attached hydrogen (secondary N) is 1. The number of hydrogen-bond donors (Lipinski definition) is 1. The van der Waals surface area contributed by atoms with E-state index in [0.717, 1.165) is 38.9 Å². The second kappa shape index (κ2) is 20.4. The first-order chi connectivity index (χ1) is 15.3. The van der Waals surface area contributed by atoms with E-state index in [0.29, 0.717) is 5.92 Å². The van der Waals surface area contributed by atoms with Gasteiger partial charge in [0, 0.05) is 19.6 Å². The molecule has 190 valence electrons. The van der Waals surface area contributed by atoms with Crippen molar-refractivity contribution in [1.29, 1.82) is 0 Å². The number of hydrogen-bond acceptors (Lipinski definition) is 3. The summed E-state index contributed by atoms with van der Waals surface area (Å²) in [6, 6.07) is 0. The lowest BCUT2D eigenvalue weighted by Gasteiger charge is -2.24. The molecular formula is C27H54N2O3. The Morgan fingerprint density at radius 2 is 1.38 bits per heavy atom. The fourth-order valence-corrected chi connectivity index (χ4v) is 3.91. The Balaban J connectivity index is 0.000000641. The Bertz CT molecular complexity index is 449. The Morgan fingerprint density at radius 3 is 1.75 bits per heavy atom. The standard InChI is InChI=1S/C17H35NO.C10H19NO2/c1-2-3-4-5-6-7-8-9-10-11-12-13-14-15-16-18-17-19;1-8-5-6-11(7-8)9(12)13-10(2,3)4/h17H,2-16H2,1H3,(H,18,19);8H,5-7H2,1-4H3. The van der Waals surface area contributed by atoms with Gasteiger partial charge in [0.2, 0.25) is 6.41 Å². The monoisotopic (exact) mass is 454 g/mol. The summed E-state index contributed by atoms with van der Waals surface area (Å²) in [6.45, 7) is 12.6. The second-order valence-corrected chi connectivity index (χ2v) is 10.5. The SMILES string of the molecule is CC1CCN(C(=O)OC(C)(C)C)C1.CCCCCCCCCCCCCCCCNC=O. The van der Waals surface area contributed by atoms with Crippen LogP contribution in [-0.4, -0.2) is 42.6 Å². The van der Waals surface area contributed by atoms with Gasteiger partial charge in [-0.15, -0.1) is 0 Å². The van der Waals surface area contributed by atoms with Gasteiger partial charge in [-0.1, -0.05) is 97.3 Å². The molecule has 1 atom stereocenters. The minimum Gasteiger partial charge on any atom is -0.444 e. The van der Waals surface area contributed by atoms with Gasteiger partial charge in [-0.25, -0.2) is 4.79 Å². The highest BCUT2D eigenvalue weighted by Crippen LogP contribution is 2.18. The molecule has 1 heterocycles. The maximum atomic E-state index is 11.5. The molecule has 0 aromatic heterocycles. The molecule has 1 fully saturated rings. The summed E-state index contributed by atoms with van der Waals surface area (Å²) in [5.41, 5.74) is -0.372. The molecule has 32 heavy (non-hydrogen) atoms. The molecule has 1 rings (SSSR count). The highest BCUT2D eigenvalue weighted by Gasteiger charge is 2.27. The fraction of sp³-hybridized carbons (Fsp3) is 0.926. The maximum Gasteiger partial charge on any atom is 0.410 e. The molecule has 1 unspecified atom stereocenters. The van der Waals surface area contributed by atoms with Crippen LogP contribution in [0, 0.1) is 5.92 Å². The van der Waals surface area contributed by atoms with Crippen LogP contribution in [0.1, 0.15) is 131 Å². The summed E-state index contributed by atoms with van der Waals surface area (Å²) < 4.78 is 5.26.